The van der Waals surface area contributed by atoms with Crippen molar-refractivity contribution in [2.24, 2.45) is 0 Å². The first kappa shape index (κ1) is 15.5. The SMILES string of the molecule is O=C(Nc1ccc(Cl)c([N+](=O)[O-])c1)c1ccc(-n2cncn2)nn1. The number of nitro groups is 1. The minimum absolute atomic E-state index is 0.0185. The van der Waals surface area contributed by atoms with E-state index in [2.05, 4.69) is 25.6 Å². The molecule has 10 nitrogen and oxygen atoms in total. The zero-order valence-electron chi connectivity index (χ0n) is 11.8. The van der Waals surface area contributed by atoms with E-state index < -0.39 is 10.8 Å². The number of carbonyl (C=O) groups is 1. The van der Waals surface area contributed by atoms with Gasteiger partial charge >= 0.3 is 0 Å². The van der Waals surface area contributed by atoms with Gasteiger partial charge in [-0.25, -0.2) is 9.67 Å². The maximum Gasteiger partial charge on any atom is 0.289 e. The first-order valence-electron chi connectivity index (χ1n) is 6.48. The highest BCUT2D eigenvalue weighted by atomic mass is 35.5. The van der Waals surface area contributed by atoms with Gasteiger partial charge in [-0.05, 0) is 24.3 Å². The van der Waals surface area contributed by atoms with Gasteiger partial charge in [0.2, 0.25) is 0 Å². The molecule has 0 saturated carbocycles. The van der Waals surface area contributed by atoms with E-state index >= 15 is 0 Å². The minimum atomic E-state index is -0.634. The first-order valence-corrected chi connectivity index (χ1v) is 6.86. The third kappa shape index (κ3) is 3.17. The second kappa shape index (κ2) is 6.38. The first-order chi connectivity index (χ1) is 11.5. The number of nitro benzene ring substituents is 1. The van der Waals surface area contributed by atoms with Crippen LogP contribution in [0.25, 0.3) is 5.82 Å². The van der Waals surface area contributed by atoms with Gasteiger partial charge in [0, 0.05) is 11.8 Å². The molecule has 0 unspecified atom stereocenters. The number of halogens is 1. The molecule has 1 amide bonds. The normalized spacial score (nSPS) is 10.4. The molecule has 0 aliphatic heterocycles. The molecule has 0 aliphatic rings. The largest absolute Gasteiger partial charge is 0.320 e. The fraction of sp³-hybridized carbons (Fsp3) is 0. The quantitative estimate of drug-likeness (QED) is 0.564. The Kier molecular flexibility index (Phi) is 4.12. The lowest BCUT2D eigenvalue weighted by molar-refractivity contribution is -0.384. The summed E-state index contributed by atoms with van der Waals surface area (Å²) in [4.78, 5) is 26.1. The van der Waals surface area contributed by atoms with Crippen molar-refractivity contribution in [1.29, 1.82) is 0 Å². The van der Waals surface area contributed by atoms with Gasteiger partial charge in [-0.3, -0.25) is 14.9 Å². The van der Waals surface area contributed by atoms with Crippen LogP contribution in [0.5, 0.6) is 0 Å². The summed E-state index contributed by atoms with van der Waals surface area (Å²) in [7, 11) is 0. The van der Waals surface area contributed by atoms with Crippen LogP contribution in [-0.2, 0) is 0 Å². The van der Waals surface area contributed by atoms with E-state index in [1.165, 1.54) is 35.5 Å². The molecular formula is C13H8ClN7O3. The molecule has 3 rings (SSSR count). The Hall–Kier alpha value is -3.40. The van der Waals surface area contributed by atoms with Crippen molar-refractivity contribution in [3.63, 3.8) is 0 Å². The highest BCUT2D eigenvalue weighted by Gasteiger charge is 2.15. The van der Waals surface area contributed by atoms with E-state index in [-0.39, 0.29) is 22.1 Å². The van der Waals surface area contributed by atoms with Crippen molar-refractivity contribution in [2.75, 3.05) is 5.32 Å². The maximum atomic E-state index is 12.1. The maximum absolute atomic E-state index is 12.1. The number of rotatable bonds is 4. The molecule has 2 heterocycles. The molecule has 0 aliphatic carbocycles. The Balaban J connectivity index is 1.78. The zero-order chi connectivity index (χ0) is 17.1. The summed E-state index contributed by atoms with van der Waals surface area (Å²) in [5.74, 6) is -0.171. The highest BCUT2D eigenvalue weighted by molar-refractivity contribution is 6.32. The molecule has 1 aromatic carbocycles. The van der Waals surface area contributed by atoms with Crippen LogP contribution in [0.3, 0.4) is 0 Å². The van der Waals surface area contributed by atoms with Crippen molar-refractivity contribution in [2.45, 2.75) is 0 Å². The molecule has 0 saturated heterocycles. The summed E-state index contributed by atoms with van der Waals surface area (Å²) < 4.78 is 1.39. The lowest BCUT2D eigenvalue weighted by Crippen LogP contribution is -2.15. The van der Waals surface area contributed by atoms with Crippen LogP contribution in [0.15, 0.2) is 43.0 Å². The van der Waals surface area contributed by atoms with Gasteiger partial charge in [0.25, 0.3) is 11.6 Å². The number of aromatic nitrogens is 5. The van der Waals surface area contributed by atoms with Crippen LogP contribution in [0.1, 0.15) is 10.5 Å². The fourth-order valence-electron chi connectivity index (χ4n) is 1.82. The summed E-state index contributed by atoms with van der Waals surface area (Å²) >= 11 is 5.72. The number of hydrogen-bond acceptors (Lipinski definition) is 7. The molecule has 2 aromatic heterocycles. The Morgan fingerprint density at radius 3 is 2.71 bits per heavy atom. The van der Waals surface area contributed by atoms with Gasteiger partial charge in [0.1, 0.15) is 17.7 Å². The molecule has 11 heteroatoms. The van der Waals surface area contributed by atoms with Crippen molar-refractivity contribution in [3.8, 4) is 5.82 Å². The van der Waals surface area contributed by atoms with E-state index in [1.807, 2.05) is 0 Å². The van der Waals surface area contributed by atoms with Crippen molar-refractivity contribution in [3.05, 3.63) is 63.8 Å². The van der Waals surface area contributed by atoms with Gasteiger partial charge < -0.3 is 5.32 Å². The molecule has 3 aromatic rings. The topological polar surface area (TPSA) is 129 Å². The lowest BCUT2D eigenvalue weighted by atomic mass is 10.2. The van der Waals surface area contributed by atoms with Crippen LogP contribution in [0, 0.1) is 10.1 Å². The van der Waals surface area contributed by atoms with Gasteiger partial charge in [-0.2, -0.15) is 5.10 Å². The summed E-state index contributed by atoms with van der Waals surface area (Å²) in [5.41, 5.74) is -0.0446. The predicted molar refractivity (Wildman–Crippen MR) is 83.0 cm³/mol. The molecule has 0 spiro atoms. The number of amides is 1. The number of nitrogens with zero attached hydrogens (tertiary/aromatic N) is 6. The molecule has 120 valence electrons. The molecule has 0 atom stereocenters. The third-order valence-corrected chi connectivity index (χ3v) is 3.26. The van der Waals surface area contributed by atoms with Crippen LogP contribution >= 0.6 is 11.6 Å². The average molecular weight is 346 g/mol. The summed E-state index contributed by atoms with van der Waals surface area (Å²) in [5, 5.41) is 24.9. The Bertz CT molecular complexity index is 896. The molecular weight excluding hydrogens is 338 g/mol. The highest BCUT2D eigenvalue weighted by Crippen LogP contribution is 2.27. The minimum Gasteiger partial charge on any atom is -0.320 e. The van der Waals surface area contributed by atoms with E-state index in [0.717, 1.165) is 6.07 Å². The van der Waals surface area contributed by atoms with Crippen molar-refractivity contribution >= 4 is 28.9 Å². The van der Waals surface area contributed by atoms with E-state index in [4.69, 9.17) is 11.6 Å². The number of benzene rings is 1. The summed E-state index contributed by atoms with van der Waals surface area (Å²) in [6, 6.07) is 6.93. The predicted octanol–water partition coefficient (Wildman–Crippen LogP) is 1.87. The summed E-state index contributed by atoms with van der Waals surface area (Å²) in [6.45, 7) is 0. The number of hydrogen-bond donors (Lipinski definition) is 1. The van der Waals surface area contributed by atoms with Crippen molar-refractivity contribution in [1.82, 2.24) is 25.0 Å². The molecule has 0 bridgehead atoms. The lowest BCUT2D eigenvalue weighted by Gasteiger charge is -2.05. The Morgan fingerprint density at radius 2 is 2.08 bits per heavy atom. The van der Waals surface area contributed by atoms with Gasteiger partial charge in [-0.1, -0.05) is 11.6 Å². The van der Waals surface area contributed by atoms with Gasteiger partial charge in [-0.15, -0.1) is 10.2 Å². The number of carbonyl (C=O) groups excluding carboxylic acids is 1. The monoisotopic (exact) mass is 345 g/mol. The number of nitrogens with one attached hydrogen (secondary N) is 1. The summed E-state index contributed by atoms with van der Waals surface area (Å²) in [6.07, 6.45) is 2.78. The zero-order valence-corrected chi connectivity index (χ0v) is 12.6. The van der Waals surface area contributed by atoms with Crippen LogP contribution < -0.4 is 5.32 Å². The van der Waals surface area contributed by atoms with Gasteiger partial charge in [0.15, 0.2) is 11.5 Å². The van der Waals surface area contributed by atoms with Crippen molar-refractivity contribution < 1.29 is 9.72 Å². The smallest absolute Gasteiger partial charge is 0.289 e. The van der Waals surface area contributed by atoms with Gasteiger partial charge in [0.05, 0.1) is 4.92 Å². The van der Waals surface area contributed by atoms with Crippen LogP contribution in [0.4, 0.5) is 11.4 Å². The third-order valence-electron chi connectivity index (χ3n) is 2.94. The molecule has 24 heavy (non-hydrogen) atoms. The standard InChI is InChI=1S/C13H8ClN7O3/c14-9-2-1-8(5-11(9)21(23)24)17-13(22)10-3-4-12(19-18-10)20-7-15-6-16-20/h1-7H,(H,17,22). The average Bonchev–Trinajstić information content (AvgIpc) is 3.11. The van der Waals surface area contributed by atoms with E-state index in [0.29, 0.717) is 5.82 Å². The fourth-order valence-corrected chi connectivity index (χ4v) is 2.01. The van der Waals surface area contributed by atoms with E-state index in [1.54, 1.807) is 6.07 Å². The molecule has 1 N–H and O–H groups in total. The molecule has 0 fully saturated rings. The van der Waals surface area contributed by atoms with E-state index in [9.17, 15) is 14.9 Å². The van der Waals surface area contributed by atoms with Crippen LogP contribution in [0.2, 0.25) is 5.02 Å². The van der Waals surface area contributed by atoms with Crippen LogP contribution in [-0.4, -0.2) is 35.8 Å². The second-order valence-electron chi connectivity index (χ2n) is 4.49. The number of anilines is 1. The molecule has 0 radical (unpaired) electrons. The Labute approximate surface area is 139 Å². The second-order valence-corrected chi connectivity index (χ2v) is 4.90. The Morgan fingerprint density at radius 1 is 1.25 bits per heavy atom.